The van der Waals surface area contributed by atoms with Gasteiger partial charge in [-0.25, -0.2) is 17.6 Å². The molecule has 90 heavy (non-hydrogen) atoms. The van der Waals surface area contributed by atoms with Crippen molar-refractivity contribution in [3.63, 3.8) is 0 Å². The van der Waals surface area contributed by atoms with E-state index < -0.39 is 222 Å². The molecule has 4 heterocycles. The fourth-order valence-electron chi connectivity index (χ4n) is 11.2. The summed E-state index contributed by atoms with van der Waals surface area (Å²) >= 11 is 0. The third kappa shape index (κ3) is 22.2. The Kier molecular flexibility index (Phi) is 12.4. The zero-order chi connectivity index (χ0) is 98.5. The van der Waals surface area contributed by atoms with E-state index in [2.05, 4.69) is 0 Å². The summed E-state index contributed by atoms with van der Waals surface area (Å²) in [6.45, 7) is 4.91. The van der Waals surface area contributed by atoms with Crippen LogP contribution in [-0.2, 0) is 66.6 Å². The lowest BCUT2D eigenvalue weighted by atomic mass is 9.82. The topological polar surface area (TPSA) is 49.9 Å². The predicted molar refractivity (Wildman–Crippen MR) is 368 cm³/mol. The second kappa shape index (κ2) is 27.6. The first-order valence-corrected chi connectivity index (χ1v) is 30.2. The van der Waals surface area contributed by atoms with Crippen molar-refractivity contribution in [1.82, 2.24) is 19.6 Å². The van der Waals surface area contributed by atoms with Crippen LogP contribution in [0, 0.1) is 37.1 Å². The molecule has 8 nitrogen and oxygen atoms in total. The van der Waals surface area contributed by atoms with Crippen molar-refractivity contribution in [1.29, 1.82) is 0 Å². The Balaban J connectivity index is 0.000000294. The lowest BCUT2D eigenvalue weighted by Gasteiger charge is -2.47. The van der Waals surface area contributed by atoms with Crippen LogP contribution in [0.25, 0.3) is 0 Å². The molecule has 0 amide bonds. The quantitative estimate of drug-likeness (QED) is 0.162. The Hall–Kier alpha value is -3.72. The zero-order valence-electron chi connectivity index (χ0n) is 92.3. The van der Waals surface area contributed by atoms with E-state index in [4.69, 9.17) is 65.6 Å². The van der Waals surface area contributed by atoms with Crippen molar-refractivity contribution in [2.45, 2.75) is 300 Å². The number of hydrogen-bond donors (Lipinski definition) is 0. The molecule has 4 aliphatic rings. The molecular formula is C78H124F4N4O4. The number of ether oxygens (including phenoxy) is 4. The van der Waals surface area contributed by atoms with Gasteiger partial charge in [0.2, 0.25) is 0 Å². The van der Waals surface area contributed by atoms with Gasteiger partial charge in [-0.1, -0.05) is 144 Å². The molecule has 0 spiro atoms. The number of morpholine rings is 4. The summed E-state index contributed by atoms with van der Waals surface area (Å²) in [6.07, 6.45) is 0. The summed E-state index contributed by atoms with van der Waals surface area (Å²) < 4.78 is 370. The molecule has 0 bridgehead atoms. The Morgan fingerprint density at radius 3 is 1.14 bits per heavy atom. The molecule has 3 atom stereocenters. The van der Waals surface area contributed by atoms with Crippen LogP contribution in [0.4, 0.5) is 17.6 Å². The smallest absolute Gasteiger partial charge is 0.131 e. The minimum atomic E-state index is -3.40. The molecule has 4 saturated heterocycles. The Labute approximate surface area is 593 Å². The van der Waals surface area contributed by atoms with Crippen LogP contribution in [-0.4, -0.2) is 116 Å². The molecule has 0 aromatic heterocycles. The van der Waals surface area contributed by atoms with E-state index in [1.807, 2.05) is 48.5 Å². The largest absolute Gasteiger partial charge is 0.367 e. The van der Waals surface area contributed by atoms with Gasteiger partial charge in [-0.05, 0) is 179 Å². The molecule has 508 valence electrons. The van der Waals surface area contributed by atoms with Crippen molar-refractivity contribution in [3.05, 3.63) is 139 Å². The fraction of sp³-hybridized carbons (Fsp3) is 0.692. The first-order chi connectivity index (χ1) is 54.0. The van der Waals surface area contributed by atoms with E-state index >= 15 is 17.6 Å². The monoisotopic (exact) mass is 1290 g/mol. The van der Waals surface area contributed by atoms with Crippen molar-refractivity contribution < 1.29 is 83.1 Å². The van der Waals surface area contributed by atoms with Crippen molar-refractivity contribution in [2.75, 3.05) is 52.1 Å². The zero-order valence-corrected chi connectivity index (χ0v) is 58.3. The van der Waals surface area contributed by atoms with Gasteiger partial charge < -0.3 is 18.9 Å². The van der Waals surface area contributed by atoms with E-state index in [9.17, 15) is 0 Å². The number of benzene rings is 4. The summed E-state index contributed by atoms with van der Waals surface area (Å²) in [5.74, 6) is -3.86. The SMILES string of the molecule is [2H]C([2H])(c1cccc(C(C)(C)C)c1F)N1C([2H])([2H])C(C)(C)OC(C)(C([2H])([2H])[2H])C1([2H])[2H].[2H]c1c([2H])c(C([2H])([2H])N2C([2H])([2H])C(C)(C)OC(C)(C([2H])([2H])[2H])C2([2H])[2H])c(F)c(C(C)(C)C)c1C.[2H]c1c([2H])c(C([2H])([2H])N2CC(C)(C)OC(C)(C)C2)c(F)c(C(C)(C)C)c1C.[2H]c1c([2H])c(CN2C([2H])([2H])C(C)(C)OC(C)(C([2H])([2H])[2H])C2([2H])[2H])c(F)c(C(C)(C)C)c1[2H]. The van der Waals surface area contributed by atoms with Gasteiger partial charge in [-0.2, -0.15) is 0 Å². The number of hydrogen-bond acceptors (Lipinski definition) is 8. The molecule has 0 radical (unpaired) electrons. The molecule has 8 rings (SSSR count). The molecule has 0 saturated carbocycles. The maximum atomic E-state index is 16.0. The molecular weight excluding hydrogens is 1130 g/mol. The first-order valence-electron chi connectivity index (χ1n) is 47.2. The molecule has 4 aliphatic heterocycles. The molecule has 3 unspecified atom stereocenters. The Morgan fingerprint density at radius 2 is 0.756 bits per heavy atom. The van der Waals surface area contributed by atoms with Gasteiger partial charge in [0.25, 0.3) is 0 Å². The van der Waals surface area contributed by atoms with Gasteiger partial charge in [0.1, 0.15) is 23.3 Å². The Morgan fingerprint density at radius 1 is 0.411 bits per heavy atom. The minimum absolute atomic E-state index is 0.0144. The van der Waals surface area contributed by atoms with E-state index in [-0.39, 0.29) is 62.8 Å². The molecule has 0 N–H and O–H groups in total. The summed E-state index contributed by atoms with van der Waals surface area (Å²) in [6, 6.07) is 0.431. The van der Waals surface area contributed by atoms with Crippen LogP contribution in [0.5, 0.6) is 0 Å². The summed E-state index contributed by atoms with van der Waals surface area (Å²) in [5, 5.41) is 0. The lowest BCUT2D eigenvalue weighted by molar-refractivity contribution is -0.182. The summed E-state index contributed by atoms with van der Waals surface area (Å²) in [7, 11) is 0. The Bertz CT molecular complexity index is 4670. The van der Waals surface area contributed by atoms with Crippen LogP contribution in [0.2, 0.25) is 0 Å². The van der Waals surface area contributed by atoms with Crippen molar-refractivity contribution in [2.24, 2.45) is 0 Å². The van der Waals surface area contributed by atoms with Crippen LogP contribution < -0.4 is 0 Å². The van der Waals surface area contributed by atoms with Crippen molar-refractivity contribution >= 4 is 0 Å². The summed E-state index contributed by atoms with van der Waals surface area (Å²) in [5.41, 5.74) is -19.8. The van der Waals surface area contributed by atoms with E-state index in [1.54, 1.807) is 69.2 Å². The molecule has 4 aromatic rings. The predicted octanol–water partition coefficient (Wildman–Crippen LogP) is 18.7. The maximum absolute atomic E-state index is 16.0. The van der Waals surface area contributed by atoms with Gasteiger partial charge in [-0.3, -0.25) is 19.6 Å². The highest BCUT2D eigenvalue weighted by atomic mass is 19.1. The van der Waals surface area contributed by atoms with Crippen molar-refractivity contribution in [3.8, 4) is 0 Å². The van der Waals surface area contributed by atoms with E-state index in [0.717, 1.165) is 40.7 Å². The van der Waals surface area contributed by atoms with Gasteiger partial charge in [0.15, 0.2) is 0 Å². The molecule has 0 aliphatic carbocycles. The van der Waals surface area contributed by atoms with Crippen LogP contribution in [0.15, 0.2) is 60.5 Å². The van der Waals surface area contributed by atoms with Gasteiger partial charge in [0.05, 0.1) is 54.4 Å². The summed E-state index contributed by atoms with van der Waals surface area (Å²) in [4.78, 5) is 2.28. The van der Waals surface area contributed by atoms with Gasteiger partial charge in [-0.15, -0.1) is 0 Å². The minimum Gasteiger partial charge on any atom is -0.367 e. The lowest BCUT2D eigenvalue weighted by Crippen LogP contribution is -2.56. The number of rotatable bonds is 8. The van der Waals surface area contributed by atoms with Crippen LogP contribution in [0.1, 0.15) is 296 Å². The molecule has 12 heteroatoms. The van der Waals surface area contributed by atoms with Gasteiger partial charge >= 0.3 is 0 Å². The third-order valence-corrected chi connectivity index (χ3v) is 13.6. The van der Waals surface area contributed by atoms with Gasteiger partial charge in [0, 0.05) is 137 Å². The number of halogens is 4. The molecule has 4 fully saturated rings. The normalized spacial score (nSPS) is 34.6. The van der Waals surface area contributed by atoms with Crippen LogP contribution in [0.3, 0.4) is 0 Å². The van der Waals surface area contributed by atoms with Crippen LogP contribution >= 0.6 is 0 Å². The average Bonchev–Trinajstić information content (AvgIpc) is 0.680. The first kappa shape index (κ1) is 40.6. The number of nitrogens with zero attached hydrogens (tertiary/aromatic N) is 4. The fourth-order valence-corrected chi connectivity index (χ4v) is 11.2. The average molecular weight is 1290 g/mol. The second-order valence-corrected chi connectivity index (χ2v) is 30.8. The highest BCUT2D eigenvalue weighted by Crippen LogP contribution is 2.38. The van der Waals surface area contributed by atoms with E-state index in [1.165, 1.54) is 51.7 Å². The second-order valence-electron chi connectivity index (χ2n) is 30.8. The highest BCUT2D eigenvalue weighted by Gasteiger charge is 2.42. The standard InChI is InChI=1S/2C20H32FNO.2C19H30FNO/c2*1-14-9-10-15(17(21)16(14)18(2,3)4)11-22-12-19(5,6)23-20(7,8)13-22;2*1-17(2,3)15-10-8-9-14(16(15)20)11-21-12-18(4,5)22-19(6,7)13-21/h2*9-10H,11-13H2,1-8H3;2*8-10H,11-13H2,1-7H3/i5D3,9D,10D,11D2,12D2,13D2;9D,10D,11D2;4D3,8D,9D,10D,12D2,13D2;4D3,11D2,12D2,13D2. The van der Waals surface area contributed by atoms with E-state index in [0.29, 0.717) is 16.0 Å². The maximum Gasteiger partial charge on any atom is 0.131 e. The molecule has 4 aromatic carbocycles. The third-order valence-electron chi connectivity index (χ3n) is 13.6. The highest BCUT2D eigenvalue weighted by molar-refractivity contribution is 5.39.